The van der Waals surface area contributed by atoms with Crippen LogP contribution in [-0.4, -0.2) is 34.1 Å². The fourth-order valence-corrected chi connectivity index (χ4v) is 3.51. The third-order valence-electron chi connectivity index (χ3n) is 4.94. The van der Waals surface area contributed by atoms with Gasteiger partial charge in [-0.15, -0.1) is 4.68 Å². The number of carboxylic acid groups (broad SMARTS) is 1. The molecule has 0 saturated heterocycles. The van der Waals surface area contributed by atoms with Gasteiger partial charge in [0.15, 0.2) is 11.5 Å². The molecule has 34 heavy (non-hydrogen) atoms. The Balaban J connectivity index is 1.59. The summed E-state index contributed by atoms with van der Waals surface area (Å²) in [4.78, 5) is 38.5. The van der Waals surface area contributed by atoms with Crippen LogP contribution in [0.2, 0.25) is 5.02 Å². The van der Waals surface area contributed by atoms with Gasteiger partial charge in [0.25, 0.3) is 5.56 Å². The highest BCUT2D eigenvalue weighted by molar-refractivity contribution is 6.32. The van der Waals surface area contributed by atoms with E-state index in [-0.39, 0.29) is 22.9 Å². The standard InChI is InChI=1S/C24H18ClN3O6/c1-33-20-11-15(12-26-28-22(29)17-4-2-3-5-19(17)27-24(28)32)10-18(25)21(20)34-13-14-6-8-16(9-7-14)23(30)31/h2-12H,13H2,1H3,(H,27,32)(H,30,31). The molecule has 0 aliphatic rings. The fraction of sp³-hybridized carbons (Fsp3) is 0.0833. The Morgan fingerprint density at radius 1 is 1.15 bits per heavy atom. The van der Waals surface area contributed by atoms with Gasteiger partial charge in [-0.05, 0) is 47.5 Å². The maximum atomic E-state index is 12.6. The van der Waals surface area contributed by atoms with Gasteiger partial charge in [0.1, 0.15) is 6.61 Å². The summed E-state index contributed by atoms with van der Waals surface area (Å²) in [5.74, 6) is -0.414. The zero-order chi connectivity index (χ0) is 24.2. The lowest BCUT2D eigenvalue weighted by molar-refractivity contribution is 0.0697. The molecule has 0 radical (unpaired) electrons. The Kier molecular flexibility index (Phi) is 6.46. The summed E-state index contributed by atoms with van der Waals surface area (Å²) >= 11 is 6.39. The first-order valence-corrected chi connectivity index (χ1v) is 10.4. The zero-order valence-corrected chi connectivity index (χ0v) is 18.6. The van der Waals surface area contributed by atoms with Crippen LogP contribution in [0.1, 0.15) is 21.5 Å². The fourth-order valence-electron chi connectivity index (χ4n) is 3.24. The maximum absolute atomic E-state index is 12.6. The minimum Gasteiger partial charge on any atom is -0.493 e. The number of fused-ring (bicyclic) bond motifs is 1. The highest BCUT2D eigenvalue weighted by Gasteiger charge is 2.13. The van der Waals surface area contributed by atoms with E-state index in [0.29, 0.717) is 22.2 Å². The van der Waals surface area contributed by atoms with E-state index >= 15 is 0 Å². The molecule has 0 unspecified atom stereocenters. The molecule has 9 nitrogen and oxygen atoms in total. The molecule has 0 aliphatic heterocycles. The van der Waals surface area contributed by atoms with Gasteiger partial charge in [0, 0.05) is 0 Å². The molecule has 4 rings (SSSR count). The monoisotopic (exact) mass is 479 g/mol. The van der Waals surface area contributed by atoms with Gasteiger partial charge in [-0.2, -0.15) is 5.10 Å². The average molecular weight is 480 g/mol. The minimum absolute atomic E-state index is 0.130. The number of hydrogen-bond acceptors (Lipinski definition) is 6. The molecule has 0 amide bonds. The van der Waals surface area contributed by atoms with E-state index in [2.05, 4.69) is 10.1 Å². The maximum Gasteiger partial charge on any atom is 0.349 e. The molecule has 4 aromatic rings. The number of para-hydroxylation sites is 1. The number of benzene rings is 3. The van der Waals surface area contributed by atoms with Gasteiger partial charge in [0.2, 0.25) is 0 Å². The number of ether oxygens (including phenoxy) is 2. The number of halogens is 1. The lowest BCUT2D eigenvalue weighted by Crippen LogP contribution is -2.32. The Labute approximate surface area is 197 Å². The molecule has 3 aromatic carbocycles. The van der Waals surface area contributed by atoms with Crippen molar-refractivity contribution in [3.8, 4) is 11.5 Å². The normalized spacial score (nSPS) is 11.1. The van der Waals surface area contributed by atoms with E-state index in [4.69, 9.17) is 26.2 Å². The molecule has 0 bridgehead atoms. The Morgan fingerprint density at radius 2 is 1.88 bits per heavy atom. The lowest BCUT2D eigenvalue weighted by atomic mass is 10.1. The number of nitrogens with zero attached hydrogens (tertiary/aromatic N) is 2. The predicted molar refractivity (Wildman–Crippen MR) is 128 cm³/mol. The van der Waals surface area contributed by atoms with Crippen molar-refractivity contribution in [1.29, 1.82) is 0 Å². The molecule has 0 atom stereocenters. The second-order valence-corrected chi connectivity index (χ2v) is 7.57. The van der Waals surface area contributed by atoms with E-state index < -0.39 is 17.2 Å². The second kappa shape index (κ2) is 9.63. The SMILES string of the molecule is COc1cc(C=Nn2c(=O)[nH]c3ccccc3c2=O)cc(Cl)c1OCc1ccc(C(=O)O)cc1. The highest BCUT2D eigenvalue weighted by Crippen LogP contribution is 2.36. The van der Waals surface area contributed by atoms with E-state index in [1.165, 1.54) is 25.5 Å². The van der Waals surface area contributed by atoms with Crippen molar-refractivity contribution in [1.82, 2.24) is 9.66 Å². The van der Waals surface area contributed by atoms with Crippen molar-refractivity contribution in [3.05, 3.63) is 103 Å². The second-order valence-electron chi connectivity index (χ2n) is 7.16. The molecule has 10 heteroatoms. The number of nitrogens with one attached hydrogen (secondary N) is 1. The number of carboxylic acids is 1. The minimum atomic E-state index is -1.01. The Bertz CT molecular complexity index is 1520. The van der Waals surface area contributed by atoms with E-state index in [9.17, 15) is 14.4 Å². The molecule has 1 aromatic heterocycles. The predicted octanol–water partition coefficient (Wildman–Crippen LogP) is 3.51. The van der Waals surface area contributed by atoms with Crippen LogP contribution in [0, 0.1) is 0 Å². The quantitative estimate of drug-likeness (QED) is 0.391. The van der Waals surface area contributed by atoms with Gasteiger partial charge in [-0.1, -0.05) is 35.9 Å². The summed E-state index contributed by atoms with van der Waals surface area (Å²) in [6, 6.07) is 16.0. The van der Waals surface area contributed by atoms with Crippen LogP contribution < -0.4 is 20.7 Å². The number of H-pyrrole nitrogens is 1. The number of aromatic carboxylic acids is 1. The average Bonchev–Trinajstić information content (AvgIpc) is 2.83. The van der Waals surface area contributed by atoms with Gasteiger partial charge in [-0.25, -0.2) is 9.59 Å². The van der Waals surface area contributed by atoms with E-state index in [0.717, 1.165) is 10.2 Å². The number of aromatic amines is 1. The van der Waals surface area contributed by atoms with Crippen LogP contribution in [0.5, 0.6) is 11.5 Å². The molecule has 0 saturated carbocycles. The summed E-state index contributed by atoms with van der Waals surface area (Å²) in [7, 11) is 1.44. The molecule has 0 spiro atoms. The van der Waals surface area contributed by atoms with Gasteiger partial charge >= 0.3 is 11.7 Å². The zero-order valence-electron chi connectivity index (χ0n) is 17.8. The largest absolute Gasteiger partial charge is 0.493 e. The first-order chi connectivity index (χ1) is 16.4. The number of carbonyl (C=O) groups is 1. The van der Waals surface area contributed by atoms with Gasteiger partial charge < -0.3 is 19.6 Å². The smallest absolute Gasteiger partial charge is 0.349 e. The van der Waals surface area contributed by atoms with Crippen molar-refractivity contribution in [2.24, 2.45) is 5.10 Å². The van der Waals surface area contributed by atoms with E-state index in [1.54, 1.807) is 48.5 Å². The van der Waals surface area contributed by atoms with Crippen molar-refractivity contribution in [2.45, 2.75) is 6.61 Å². The van der Waals surface area contributed by atoms with Crippen molar-refractivity contribution in [3.63, 3.8) is 0 Å². The molecule has 2 N–H and O–H groups in total. The van der Waals surface area contributed by atoms with Crippen molar-refractivity contribution < 1.29 is 19.4 Å². The summed E-state index contributed by atoms with van der Waals surface area (Å²) in [5.41, 5.74) is 0.581. The summed E-state index contributed by atoms with van der Waals surface area (Å²) in [6.07, 6.45) is 1.31. The first-order valence-electron chi connectivity index (χ1n) is 9.98. The van der Waals surface area contributed by atoms with Crippen molar-refractivity contribution in [2.75, 3.05) is 7.11 Å². The van der Waals surface area contributed by atoms with Crippen LogP contribution in [0.25, 0.3) is 10.9 Å². The molecule has 172 valence electrons. The molecule has 1 heterocycles. The Hall–Kier alpha value is -4.37. The summed E-state index contributed by atoms with van der Waals surface area (Å²) < 4.78 is 11.9. The van der Waals surface area contributed by atoms with E-state index in [1.807, 2.05) is 0 Å². The van der Waals surface area contributed by atoms with Gasteiger partial charge in [0.05, 0.1) is 34.8 Å². The number of hydrogen-bond donors (Lipinski definition) is 2. The number of aromatic nitrogens is 2. The molecule has 0 fully saturated rings. The van der Waals surface area contributed by atoms with Crippen LogP contribution in [0.15, 0.2) is 75.4 Å². The van der Waals surface area contributed by atoms with Crippen molar-refractivity contribution >= 4 is 34.7 Å². The third-order valence-corrected chi connectivity index (χ3v) is 5.22. The summed E-state index contributed by atoms with van der Waals surface area (Å²) in [5, 5.41) is 13.6. The van der Waals surface area contributed by atoms with Crippen LogP contribution in [0.4, 0.5) is 0 Å². The third kappa shape index (κ3) is 4.69. The van der Waals surface area contributed by atoms with Crippen LogP contribution in [-0.2, 0) is 6.61 Å². The molecular weight excluding hydrogens is 462 g/mol. The molecule has 0 aliphatic carbocycles. The number of methoxy groups -OCH3 is 1. The molecular formula is C24H18ClN3O6. The van der Waals surface area contributed by atoms with Crippen LogP contribution in [0.3, 0.4) is 0 Å². The van der Waals surface area contributed by atoms with Gasteiger partial charge in [-0.3, -0.25) is 4.79 Å². The Morgan fingerprint density at radius 3 is 2.59 bits per heavy atom. The highest BCUT2D eigenvalue weighted by atomic mass is 35.5. The van der Waals surface area contributed by atoms with Crippen LogP contribution >= 0.6 is 11.6 Å². The first kappa shape index (κ1) is 22.8. The number of rotatable bonds is 7. The topological polar surface area (TPSA) is 123 Å². The summed E-state index contributed by atoms with van der Waals surface area (Å²) in [6.45, 7) is 0.130. The lowest BCUT2D eigenvalue weighted by Gasteiger charge is -2.13.